The van der Waals surface area contributed by atoms with E-state index in [1.54, 1.807) is 13.3 Å². The summed E-state index contributed by atoms with van der Waals surface area (Å²) >= 11 is 0. The van der Waals surface area contributed by atoms with Gasteiger partial charge in [-0.15, -0.1) is 0 Å². The van der Waals surface area contributed by atoms with Crippen molar-refractivity contribution in [1.29, 1.82) is 0 Å². The van der Waals surface area contributed by atoms with Crippen molar-refractivity contribution in [3.8, 4) is 17.2 Å². The summed E-state index contributed by atoms with van der Waals surface area (Å²) in [5.74, 6) is 2.31. The van der Waals surface area contributed by atoms with E-state index in [0.717, 1.165) is 62.7 Å². The van der Waals surface area contributed by atoms with Crippen LogP contribution in [0.5, 0.6) is 17.2 Å². The highest BCUT2D eigenvalue weighted by Crippen LogP contribution is 2.30. The summed E-state index contributed by atoms with van der Waals surface area (Å²) in [4.78, 5) is 2.40. The Labute approximate surface area is 208 Å². The molecule has 2 heterocycles. The van der Waals surface area contributed by atoms with Crippen LogP contribution < -0.4 is 14.2 Å². The molecule has 0 saturated carbocycles. The zero-order valence-corrected chi connectivity index (χ0v) is 20.9. The number of ether oxygens (including phenoxy) is 3. The molecular weight excluding hydrogens is 442 g/mol. The summed E-state index contributed by atoms with van der Waals surface area (Å²) in [6.07, 6.45) is 6.96. The maximum Gasteiger partial charge on any atom is 0.161 e. The lowest BCUT2D eigenvalue weighted by atomic mass is 9.96. The quantitative estimate of drug-likeness (QED) is 0.410. The van der Waals surface area contributed by atoms with E-state index in [0.29, 0.717) is 19.6 Å². The lowest BCUT2D eigenvalue weighted by Gasteiger charge is -2.27. The standard InChI is InChI=1S/C28H37N3O4/c1-23-6-9-25(10-7-23)35-22-28(32)12-3-15-30(18-13-28)21-24-8-11-26(33-2)27(20-24)34-19-5-17-31-16-4-14-29-31/h4,6-11,14,16,20,32H,3,5,12-13,15,17-19,21-22H2,1-2H3/t28-/m0/s1. The fraction of sp³-hybridized carbons (Fsp3) is 0.464. The molecule has 1 N–H and O–H groups in total. The fourth-order valence-corrected chi connectivity index (χ4v) is 4.42. The molecule has 35 heavy (non-hydrogen) atoms. The van der Waals surface area contributed by atoms with Gasteiger partial charge in [0.25, 0.3) is 0 Å². The van der Waals surface area contributed by atoms with Gasteiger partial charge >= 0.3 is 0 Å². The second-order valence-corrected chi connectivity index (χ2v) is 9.41. The molecule has 0 radical (unpaired) electrons. The average Bonchev–Trinajstić information content (AvgIpc) is 3.32. The van der Waals surface area contributed by atoms with Crippen LogP contribution in [0.25, 0.3) is 0 Å². The van der Waals surface area contributed by atoms with Gasteiger partial charge in [-0.1, -0.05) is 23.8 Å². The Balaban J connectivity index is 1.28. The molecule has 1 aliphatic rings. The maximum absolute atomic E-state index is 11.2. The smallest absolute Gasteiger partial charge is 0.161 e. The average molecular weight is 480 g/mol. The van der Waals surface area contributed by atoms with Gasteiger partial charge in [0, 0.05) is 38.4 Å². The summed E-state index contributed by atoms with van der Waals surface area (Å²) in [6.45, 7) is 6.36. The molecule has 7 nitrogen and oxygen atoms in total. The van der Waals surface area contributed by atoms with E-state index < -0.39 is 5.60 Å². The Morgan fingerprint density at radius 3 is 2.66 bits per heavy atom. The van der Waals surface area contributed by atoms with E-state index >= 15 is 0 Å². The van der Waals surface area contributed by atoms with Gasteiger partial charge in [-0.2, -0.15) is 5.10 Å². The molecule has 0 bridgehead atoms. The highest BCUT2D eigenvalue weighted by molar-refractivity contribution is 5.43. The normalized spacial score (nSPS) is 18.7. The number of hydrogen-bond donors (Lipinski definition) is 1. The number of aromatic nitrogens is 2. The first-order chi connectivity index (χ1) is 17.0. The minimum absolute atomic E-state index is 0.322. The maximum atomic E-state index is 11.2. The molecule has 0 aliphatic carbocycles. The molecule has 0 amide bonds. The highest BCUT2D eigenvalue weighted by atomic mass is 16.5. The molecule has 1 atom stereocenters. The third-order valence-corrected chi connectivity index (χ3v) is 6.52. The Morgan fingerprint density at radius 2 is 1.89 bits per heavy atom. The molecule has 3 aromatic rings. The minimum Gasteiger partial charge on any atom is -0.493 e. The largest absolute Gasteiger partial charge is 0.493 e. The van der Waals surface area contributed by atoms with Crippen molar-refractivity contribution in [3.63, 3.8) is 0 Å². The molecule has 7 heteroatoms. The fourth-order valence-electron chi connectivity index (χ4n) is 4.42. The van der Waals surface area contributed by atoms with Crippen molar-refractivity contribution in [2.75, 3.05) is 33.4 Å². The highest BCUT2D eigenvalue weighted by Gasteiger charge is 2.31. The van der Waals surface area contributed by atoms with Gasteiger partial charge in [-0.05, 0) is 68.6 Å². The van der Waals surface area contributed by atoms with Gasteiger partial charge in [-0.3, -0.25) is 9.58 Å². The van der Waals surface area contributed by atoms with Crippen molar-refractivity contribution < 1.29 is 19.3 Å². The van der Waals surface area contributed by atoms with Crippen LogP contribution in [-0.2, 0) is 13.1 Å². The van der Waals surface area contributed by atoms with E-state index in [4.69, 9.17) is 14.2 Å². The predicted molar refractivity (Wildman–Crippen MR) is 136 cm³/mol. The molecule has 188 valence electrons. The number of aliphatic hydroxyl groups is 1. The first-order valence-electron chi connectivity index (χ1n) is 12.4. The number of likely N-dealkylation sites (tertiary alicyclic amines) is 1. The minimum atomic E-state index is -0.803. The van der Waals surface area contributed by atoms with Gasteiger partial charge in [-0.25, -0.2) is 0 Å². The summed E-state index contributed by atoms with van der Waals surface area (Å²) in [7, 11) is 1.67. The van der Waals surface area contributed by atoms with Crippen LogP contribution in [-0.4, -0.2) is 58.8 Å². The van der Waals surface area contributed by atoms with E-state index in [2.05, 4.69) is 29.1 Å². The number of methoxy groups -OCH3 is 1. The first-order valence-corrected chi connectivity index (χ1v) is 12.4. The molecular formula is C28H37N3O4. The molecule has 2 aromatic carbocycles. The first kappa shape index (κ1) is 25.1. The topological polar surface area (TPSA) is 69.0 Å². The Hall–Kier alpha value is -3.03. The molecule has 0 unspecified atom stereocenters. The summed E-state index contributed by atoms with van der Waals surface area (Å²) in [6, 6.07) is 16.0. The van der Waals surface area contributed by atoms with Crippen LogP contribution in [0.1, 0.15) is 36.8 Å². The van der Waals surface area contributed by atoms with Gasteiger partial charge in [0.2, 0.25) is 0 Å². The second-order valence-electron chi connectivity index (χ2n) is 9.41. The van der Waals surface area contributed by atoms with Crippen LogP contribution in [0.2, 0.25) is 0 Å². The monoisotopic (exact) mass is 479 g/mol. The third kappa shape index (κ3) is 7.47. The van der Waals surface area contributed by atoms with Gasteiger partial charge in [0.1, 0.15) is 12.4 Å². The van der Waals surface area contributed by atoms with Crippen LogP contribution >= 0.6 is 0 Å². The number of aryl methyl sites for hydroxylation is 2. The van der Waals surface area contributed by atoms with Gasteiger partial charge in [0.05, 0.1) is 19.3 Å². The zero-order valence-electron chi connectivity index (χ0n) is 20.9. The number of hydrogen-bond acceptors (Lipinski definition) is 6. The SMILES string of the molecule is COc1ccc(CN2CCC[C@@](O)(COc3ccc(C)cc3)CC2)cc1OCCCn1cccn1. The number of rotatable bonds is 11. The summed E-state index contributed by atoms with van der Waals surface area (Å²) in [5.41, 5.74) is 1.57. The van der Waals surface area contributed by atoms with Crippen molar-refractivity contribution in [1.82, 2.24) is 14.7 Å². The van der Waals surface area contributed by atoms with Crippen molar-refractivity contribution in [2.45, 2.75) is 51.3 Å². The molecule has 1 aromatic heterocycles. The summed E-state index contributed by atoms with van der Waals surface area (Å²) < 4.78 is 19.4. The molecule has 0 spiro atoms. The molecule has 1 saturated heterocycles. The van der Waals surface area contributed by atoms with Crippen LogP contribution in [0.3, 0.4) is 0 Å². The van der Waals surface area contributed by atoms with Gasteiger partial charge in [0.15, 0.2) is 11.5 Å². The second kappa shape index (κ2) is 12.1. The van der Waals surface area contributed by atoms with E-state index in [-0.39, 0.29) is 0 Å². The number of benzene rings is 2. The van der Waals surface area contributed by atoms with Crippen molar-refractivity contribution >= 4 is 0 Å². The number of nitrogens with zero attached hydrogens (tertiary/aromatic N) is 3. The van der Waals surface area contributed by atoms with Crippen molar-refractivity contribution in [2.24, 2.45) is 0 Å². The molecule has 1 fully saturated rings. The van der Waals surface area contributed by atoms with E-state index in [1.165, 1.54) is 11.1 Å². The predicted octanol–water partition coefficient (Wildman–Crippen LogP) is 4.47. The third-order valence-electron chi connectivity index (χ3n) is 6.52. The van der Waals surface area contributed by atoms with Crippen LogP contribution in [0.15, 0.2) is 60.9 Å². The lowest BCUT2D eigenvalue weighted by molar-refractivity contribution is -0.0168. The van der Waals surface area contributed by atoms with Crippen LogP contribution in [0, 0.1) is 6.92 Å². The van der Waals surface area contributed by atoms with E-state index in [1.807, 2.05) is 47.3 Å². The van der Waals surface area contributed by atoms with E-state index in [9.17, 15) is 5.11 Å². The molecule has 1 aliphatic heterocycles. The van der Waals surface area contributed by atoms with Crippen LogP contribution in [0.4, 0.5) is 0 Å². The Kier molecular flexibility index (Phi) is 8.66. The lowest BCUT2D eigenvalue weighted by Crippen LogP contribution is -2.37. The zero-order chi connectivity index (χ0) is 24.5. The summed E-state index contributed by atoms with van der Waals surface area (Å²) in [5, 5.41) is 15.4. The molecule has 4 rings (SSSR count). The van der Waals surface area contributed by atoms with Crippen molar-refractivity contribution in [3.05, 3.63) is 72.1 Å². The Morgan fingerprint density at radius 1 is 1.03 bits per heavy atom. The van der Waals surface area contributed by atoms with Gasteiger partial charge < -0.3 is 19.3 Å². The Bertz CT molecular complexity index is 1040.